The average Bonchev–Trinajstić information content (AvgIpc) is 2.80. The Morgan fingerprint density at radius 3 is 2.41 bits per heavy atom. The first-order valence-corrected chi connectivity index (χ1v) is 8.35. The third-order valence-electron chi connectivity index (χ3n) is 4.29. The summed E-state index contributed by atoms with van der Waals surface area (Å²) in [6, 6.07) is 6.98. The molecule has 2 aromatic rings. The maximum atomic E-state index is 4.85. The first kappa shape index (κ1) is 15.3. The second-order valence-corrected chi connectivity index (χ2v) is 8.89. The van der Waals surface area contributed by atoms with Crippen LogP contribution in [0.15, 0.2) is 18.2 Å². The molecule has 1 aromatic carbocycles. The number of aromatic nitrogens is 2. The molecule has 118 valence electrons. The average molecular weight is 296 g/mol. The van der Waals surface area contributed by atoms with Crippen LogP contribution < -0.4 is 0 Å². The van der Waals surface area contributed by atoms with Gasteiger partial charge in [-0.25, -0.2) is 4.98 Å². The lowest BCUT2D eigenvalue weighted by Crippen LogP contribution is -2.13. The van der Waals surface area contributed by atoms with Crippen LogP contribution in [0.4, 0.5) is 0 Å². The Balaban J connectivity index is 1.99. The molecule has 0 unspecified atom stereocenters. The summed E-state index contributed by atoms with van der Waals surface area (Å²) in [6.45, 7) is 13.5. The van der Waals surface area contributed by atoms with E-state index in [1.165, 1.54) is 28.1 Å². The van der Waals surface area contributed by atoms with Crippen LogP contribution in [0.3, 0.4) is 0 Å². The van der Waals surface area contributed by atoms with Crippen molar-refractivity contribution in [2.75, 3.05) is 0 Å². The second-order valence-electron chi connectivity index (χ2n) is 8.89. The first-order chi connectivity index (χ1) is 10.1. The van der Waals surface area contributed by atoms with Gasteiger partial charge in [0.25, 0.3) is 0 Å². The highest BCUT2D eigenvalue weighted by Gasteiger charge is 2.25. The maximum Gasteiger partial charge on any atom is 0.112 e. The predicted octanol–water partition coefficient (Wildman–Crippen LogP) is 5.06. The standard InChI is InChI=1S/C20H28N2/c1-19(2,3)12-13-7-9-15-14(11-13)8-10-16-17(15)22-18(21-16)20(4,5)6/h7,9,11H,8,10,12H2,1-6H3,(H,21,22). The smallest absolute Gasteiger partial charge is 0.112 e. The predicted molar refractivity (Wildman–Crippen MR) is 93.3 cm³/mol. The molecule has 0 saturated heterocycles. The Kier molecular flexibility index (Phi) is 3.47. The van der Waals surface area contributed by atoms with E-state index in [1.54, 1.807) is 0 Å². The molecular formula is C20H28N2. The van der Waals surface area contributed by atoms with Gasteiger partial charge in [-0.15, -0.1) is 0 Å². The monoisotopic (exact) mass is 296 g/mol. The third kappa shape index (κ3) is 2.97. The highest BCUT2D eigenvalue weighted by molar-refractivity contribution is 5.69. The van der Waals surface area contributed by atoms with Gasteiger partial charge in [-0.05, 0) is 35.8 Å². The van der Waals surface area contributed by atoms with Crippen LogP contribution in [0.1, 0.15) is 64.2 Å². The first-order valence-electron chi connectivity index (χ1n) is 8.35. The quantitative estimate of drug-likeness (QED) is 0.782. The molecule has 0 spiro atoms. The lowest BCUT2D eigenvalue weighted by Gasteiger charge is -2.21. The molecule has 0 fully saturated rings. The Morgan fingerprint density at radius 2 is 1.77 bits per heavy atom. The number of hydrogen-bond donors (Lipinski definition) is 1. The molecule has 0 radical (unpaired) electrons. The van der Waals surface area contributed by atoms with Crippen molar-refractivity contribution >= 4 is 0 Å². The molecule has 0 amide bonds. The zero-order chi connectivity index (χ0) is 16.1. The zero-order valence-corrected chi connectivity index (χ0v) is 14.8. The van der Waals surface area contributed by atoms with Gasteiger partial charge < -0.3 is 4.98 Å². The van der Waals surface area contributed by atoms with E-state index in [0.29, 0.717) is 5.41 Å². The van der Waals surface area contributed by atoms with Crippen molar-refractivity contribution < 1.29 is 0 Å². The molecule has 1 aliphatic carbocycles. The van der Waals surface area contributed by atoms with Gasteiger partial charge in [-0.2, -0.15) is 0 Å². The molecule has 0 saturated carbocycles. The largest absolute Gasteiger partial charge is 0.341 e. The highest BCUT2D eigenvalue weighted by atomic mass is 15.0. The molecule has 0 aliphatic heterocycles. The molecule has 1 aliphatic rings. The molecule has 0 bridgehead atoms. The van der Waals surface area contributed by atoms with E-state index >= 15 is 0 Å². The molecular weight excluding hydrogens is 268 g/mol. The van der Waals surface area contributed by atoms with Gasteiger partial charge in [0.15, 0.2) is 0 Å². The number of nitrogens with one attached hydrogen (secondary N) is 1. The summed E-state index contributed by atoms with van der Waals surface area (Å²) in [4.78, 5) is 8.43. The van der Waals surface area contributed by atoms with E-state index in [0.717, 1.165) is 25.1 Å². The van der Waals surface area contributed by atoms with Gasteiger partial charge in [-0.3, -0.25) is 0 Å². The minimum atomic E-state index is 0.0731. The van der Waals surface area contributed by atoms with Gasteiger partial charge >= 0.3 is 0 Å². The summed E-state index contributed by atoms with van der Waals surface area (Å²) in [5.41, 5.74) is 7.16. The van der Waals surface area contributed by atoms with Crippen molar-refractivity contribution in [3.8, 4) is 11.3 Å². The van der Waals surface area contributed by atoms with E-state index in [9.17, 15) is 0 Å². The van der Waals surface area contributed by atoms with Crippen molar-refractivity contribution in [2.45, 2.75) is 66.2 Å². The number of rotatable bonds is 1. The fraction of sp³-hybridized carbons (Fsp3) is 0.550. The number of aryl methyl sites for hydroxylation is 2. The second kappa shape index (κ2) is 4.97. The van der Waals surface area contributed by atoms with Crippen LogP contribution >= 0.6 is 0 Å². The van der Waals surface area contributed by atoms with Crippen LogP contribution in [0.5, 0.6) is 0 Å². The fourth-order valence-electron chi connectivity index (χ4n) is 3.24. The van der Waals surface area contributed by atoms with Crippen molar-refractivity contribution in [2.24, 2.45) is 5.41 Å². The molecule has 3 rings (SSSR count). The molecule has 1 N–H and O–H groups in total. The number of imidazole rings is 1. The van der Waals surface area contributed by atoms with E-state index in [4.69, 9.17) is 4.98 Å². The van der Waals surface area contributed by atoms with Crippen molar-refractivity contribution in [1.82, 2.24) is 9.97 Å². The van der Waals surface area contributed by atoms with E-state index in [2.05, 4.69) is 64.7 Å². The van der Waals surface area contributed by atoms with Crippen LogP contribution in [-0.4, -0.2) is 9.97 Å². The van der Waals surface area contributed by atoms with Gasteiger partial charge in [-0.1, -0.05) is 59.7 Å². The third-order valence-corrected chi connectivity index (χ3v) is 4.29. The summed E-state index contributed by atoms with van der Waals surface area (Å²) in [5.74, 6) is 1.10. The number of hydrogen-bond acceptors (Lipinski definition) is 1. The summed E-state index contributed by atoms with van der Waals surface area (Å²) >= 11 is 0. The topological polar surface area (TPSA) is 28.7 Å². The van der Waals surface area contributed by atoms with Gasteiger partial charge in [0.1, 0.15) is 5.82 Å². The van der Waals surface area contributed by atoms with Crippen LogP contribution in [0.2, 0.25) is 0 Å². The van der Waals surface area contributed by atoms with Crippen molar-refractivity contribution in [3.63, 3.8) is 0 Å². The molecule has 2 nitrogen and oxygen atoms in total. The normalized spacial score (nSPS) is 14.6. The minimum absolute atomic E-state index is 0.0731. The van der Waals surface area contributed by atoms with E-state index in [1.807, 2.05) is 0 Å². The number of H-pyrrole nitrogens is 1. The minimum Gasteiger partial charge on any atom is -0.341 e. The lowest BCUT2D eigenvalue weighted by molar-refractivity contribution is 0.411. The van der Waals surface area contributed by atoms with Gasteiger partial charge in [0.2, 0.25) is 0 Å². The Morgan fingerprint density at radius 1 is 1.05 bits per heavy atom. The van der Waals surface area contributed by atoms with Gasteiger partial charge in [0, 0.05) is 11.0 Å². The number of nitrogens with zero attached hydrogens (tertiary/aromatic N) is 1. The molecule has 2 heteroatoms. The highest BCUT2D eigenvalue weighted by Crippen LogP contribution is 2.35. The van der Waals surface area contributed by atoms with Crippen molar-refractivity contribution in [3.05, 3.63) is 40.8 Å². The number of fused-ring (bicyclic) bond motifs is 3. The fourth-order valence-corrected chi connectivity index (χ4v) is 3.24. The molecule has 0 atom stereocenters. The number of benzene rings is 1. The SMILES string of the molecule is CC(C)(C)Cc1ccc2c(c1)CCc1nc(C(C)(C)C)[nH]c1-2. The number of aromatic amines is 1. The summed E-state index contributed by atoms with van der Waals surface area (Å²) in [7, 11) is 0. The van der Waals surface area contributed by atoms with Crippen molar-refractivity contribution in [1.29, 1.82) is 0 Å². The van der Waals surface area contributed by atoms with Crippen LogP contribution in [0, 0.1) is 5.41 Å². The van der Waals surface area contributed by atoms with E-state index in [-0.39, 0.29) is 5.41 Å². The molecule has 22 heavy (non-hydrogen) atoms. The van der Waals surface area contributed by atoms with Crippen LogP contribution in [0.25, 0.3) is 11.3 Å². The summed E-state index contributed by atoms with van der Waals surface area (Å²) < 4.78 is 0. The van der Waals surface area contributed by atoms with Crippen LogP contribution in [-0.2, 0) is 24.7 Å². The Hall–Kier alpha value is -1.57. The summed E-state index contributed by atoms with van der Waals surface area (Å²) in [5, 5.41) is 0. The zero-order valence-electron chi connectivity index (χ0n) is 14.8. The maximum absolute atomic E-state index is 4.85. The molecule has 1 heterocycles. The van der Waals surface area contributed by atoms with Gasteiger partial charge in [0.05, 0.1) is 11.4 Å². The van der Waals surface area contributed by atoms with E-state index < -0.39 is 0 Å². The Bertz CT molecular complexity index is 693. The molecule has 1 aromatic heterocycles. The Labute approximate surface area is 134 Å². The lowest BCUT2D eigenvalue weighted by atomic mass is 9.85. The summed E-state index contributed by atoms with van der Waals surface area (Å²) in [6.07, 6.45) is 3.28.